The second-order valence-corrected chi connectivity index (χ2v) is 3.57. The topological polar surface area (TPSA) is 87.8 Å². The van der Waals surface area contributed by atoms with Crippen LogP contribution >= 0.6 is 0 Å². The van der Waals surface area contributed by atoms with Gasteiger partial charge in [0.25, 0.3) is 0 Å². The van der Waals surface area contributed by atoms with E-state index in [1.165, 1.54) is 12.1 Å². The van der Waals surface area contributed by atoms with Gasteiger partial charge < -0.3 is 19.9 Å². The van der Waals surface area contributed by atoms with Gasteiger partial charge in [0.1, 0.15) is 5.75 Å². The maximum Gasteiger partial charge on any atom is 0.344 e. The third kappa shape index (κ3) is 4.50. The van der Waals surface area contributed by atoms with E-state index in [0.717, 1.165) is 0 Å². The maximum absolute atomic E-state index is 11.6. The fourth-order valence-corrected chi connectivity index (χ4v) is 1.37. The van der Waals surface area contributed by atoms with Crippen LogP contribution in [0.5, 0.6) is 5.75 Å². The third-order valence-electron chi connectivity index (χ3n) is 2.17. The zero-order chi connectivity index (χ0) is 14.3. The maximum atomic E-state index is 11.6. The van der Waals surface area contributed by atoms with Crippen LogP contribution in [0.15, 0.2) is 18.2 Å². The monoisotopic (exact) mass is 267 g/mol. The molecule has 0 bridgehead atoms. The van der Waals surface area contributed by atoms with Crippen LogP contribution < -0.4 is 10.5 Å². The lowest BCUT2D eigenvalue weighted by molar-refractivity contribution is -0.146. The van der Waals surface area contributed by atoms with Crippen molar-refractivity contribution in [2.75, 3.05) is 25.6 Å². The Kier molecular flexibility index (Phi) is 5.66. The zero-order valence-corrected chi connectivity index (χ0v) is 11.0. The third-order valence-corrected chi connectivity index (χ3v) is 2.17. The molecule has 19 heavy (non-hydrogen) atoms. The molecule has 0 spiro atoms. The van der Waals surface area contributed by atoms with E-state index in [2.05, 4.69) is 4.74 Å². The summed E-state index contributed by atoms with van der Waals surface area (Å²) in [6, 6.07) is 4.55. The van der Waals surface area contributed by atoms with Gasteiger partial charge in [-0.05, 0) is 32.0 Å². The summed E-state index contributed by atoms with van der Waals surface area (Å²) in [7, 11) is 0. The summed E-state index contributed by atoms with van der Waals surface area (Å²) in [6.07, 6.45) is 0. The molecule has 0 fully saturated rings. The number of hydrogen-bond donors (Lipinski definition) is 1. The van der Waals surface area contributed by atoms with E-state index < -0.39 is 18.5 Å². The summed E-state index contributed by atoms with van der Waals surface area (Å²) >= 11 is 0. The number of carbonyl (C=O) groups excluding carboxylic acids is 2. The van der Waals surface area contributed by atoms with Gasteiger partial charge in [-0.25, -0.2) is 9.59 Å². The molecule has 1 rings (SSSR count). The van der Waals surface area contributed by atoms with Crippen LogP contribution in [0.3, 0.4) is 0 Å². The Bertz CT molecular complexity index is 458. The molecule has 0 atom stereocenters. The van der Waals surface area contributed by atoms with E-state index in [4.69, 9.17) is 15.2 Å². The molecule has 0 radical (unpaired) electrons. The average molecular weight is 267 g/mol. The number of rotatable bonds is 6. The largest absolute Gasteiger partial charge is 0.492 e. The lowest BCUT2D eigenvalue weighted by atomic mass is 10.2. The number of benzene rings is 1. The van der Waals surface area contributed by atoms with Crippen molar-refractivity contribution in [3.8, 4) is 5.75 Å². The van der Waals surface area contributed by atoms with Crippen molar-refractivity contribution in [3.05, 3.63) is 23.8 Å². The van der Waals surface area contributed by atoms with Gasteiger partial charge in [-0.15, -0.1) is 0 Å². The highest BCUT2D eigenvalue weighted by molar-refractivity contribution is 5.92. The van der Waals surface area contributed by atoms with Crippen LogP contribution in [0.1, 0.15) is 24.2 Å². The molecule has 2 N–H and O–H groups in total. The highest BCUT2D eigenvalue weighted by Gasteiger charge is 2.12. The van der Waals surface area contributed by atoms with Gasteiger partial charge >= 0.3 is 11.9 Å². The van der Waals surface area contributed by atoms with Crippen LogP contribution in [-0.2, 0) is 14.3 Å². The van der Waals surface area contributed by atoms with Gasteiger partial charge in [-0.3, -0.25) is 0 Å². The van der Waals surface area contributed by atoms with Crippen molar-refractivity contribution in [2.45, 2.75) is 13.8 Å². The Balaban J connectivity index is 2.62. The molecule has 6 heteroatoms. The van der Waals surface area contributed by atoms with Gasteiger partial charge in [-0.1, -0.05) is 0 Å². The molecule has 0 unspecified atom stereocenters. The van der Waals surface area contributed by atoms with Crippen LogP contribution in [0, 0.1) is 0 Å². The summed E-state index contributed by atoms with van der Waals surface area (Å²) in [6.45, 7) is 3.82. The summed E-state index contributed by atoms with van der Waals surface area (Å²) < 4.78 is 14.7. The van der Waals surface area contributed by atoms with Crippen LogP contribution in [0.2, 0.25) is 0 Å². The quantitative estimate of drug-likeness (QED) is 0.619. The Labute approximate surface area is 111 Å². The molecule has 0 aliphatic heterocycles. The number of ether oxygens (including phenoxy) is 3. The van der Waals surface area contributed by atoms with Crippen molar-refractivity contribution in [1.82, 2.24) is 0 Å². The van der Waals surface area contributed by atoms with E-state index in [-0.39, 0.29) is 12.2 Å². The number of nitrogen functional groups attached to an aromatic ring is 1. The molecule has 0 aliphatic rings. The van der Waals surface area contributed by atoms with Gasteiger partial charge in [-0.2, -0.15) is 0 Å². The molecule has 0 saturated heterocycles. The highest BCUT2D eigenvalue weighted by atomic mass is 16.6. The van der Waals surface area contributed by atoms with Crippen LogP contribution in [0.25, 0.3) is 0 Å². The van der Waals surface area contributed by atoms with E-state index in [9.17, 15) is 9.59 Å². The molecular formula is C13H17NO5. The minimum Gasteiger partial charge on any atom is -0.492 e. The second kappa shape index (κ2) is 7.25. The molecule has 1 aromatic carbocycles. The Morgan fingerprint density at radius 3 is 2.47 bits per heavy atom. The number of esters is 2. The smallest absolute Gasteiger partial charge is 0.344 e. The molecule has 104 valence electrons. The van der Waals surface area contributed by atoms with Crippen molar-refractivity contribution >= 4 is 17.6 Å². The normalized spacial score (nSPS) is 9.79. The Hall–Kier alpha value is -2.24. The van der Waals surface area contributed by atoms with Gasteiger partial charge in [0.05, 0.1) is 24.5 Å². The highest BCUT2D eigenvalue weighted by Crippen LogP contribution is 2.22. The molecule has 0 amide bonds. The fraction of sp³-hybridized carbons (Fsp3) is 0.385. The van der Waals surface area contributed by atoms with E-state index in [1.807, 2.05) is 6.92 Å². The number of carbonyl (C=O) groups is 2. The van der Waals surface area contributed by atoms with E-state index >= 15 is 0 Å². The first-order valence-electron chi connectivity index (χ1n) is 5.93. The summed E-state index contributed by atoms with van der Waals surface area (Å²) in [5.74, 6) is -0.720. The standard InChI is InChI=1S/C13H17NO5/c1-3-17-11-6-5-9(7-10(11)14)13(16)19-8-12(15)18-4-2/h5-7H,3-4,8,14H2,1-2H3. The van der Waals surface area contributed by atoms with Gasteiger partial charge in [0, 0.05) is 0 Å². The molecule has 0 heterocycles. The summed E-state index contributed by atoms with van der Waals surface area (Å²) in [5.41, 5.74) is 6.32. The number of hydrogen-bond acceptors (Lipinski definition) is 6. The SMILES string of the molecule is CCOC(=O)COC(=O)c1ccc(OCC)c(N)c1. The van der Waals surface area contributed by atoms with Crippen LogP contribution in [0.4, 0.5) is 5.69 Å². The molecule has 0 aliphatic carbocycles. The summed E-state index contributed by atoms with van der Waals surface area (Å²) in [5, 5.41) is 0. The molecule has 1 aromatic rings. The van der Waals surface area contributed by atoms with E-state index in [1.54, 1.807) is 13.0 Å². The molecular weight excluding hydrogens is 250 g/mol. The minimum atomic E-state index is -0.636. The van der Waals surface area contributed by atoms with Crippen molar-refractivity contribution in [1.29, 1.82) is 0 Å². The van der Waals surface area contributed by atoms with Crippen LogP contribution in [-0.4, -0.2) is 31.8 Å². The Morgan fingerprint density at radius 2 is 1.89 bits per heavy atom. The molecule has 0 saturated carbocycles. The first-order valence-corrected chi connectivity index (χ1v) is 5.93. The summed E-state index contributed by atoms with van der Waals surface area (Å²) in [4.78, 5) is 22.7. The van der Waals surface area contributed by atoms with Gasteiger partial charge in [0.2, 0.25) is 0 Å². The van der Waals surface area contributed by atoms with Gasteiger partial charge in [0.15, 0.2) is 6.61 Å². The molecule has 6 nitrogen and oxygen atoms in total. The van der Waals surface area contributed by atoms with Crippen molar-refractivity contribution in [3.63, 3.8) is 0 Å². The second-order valence-electron chi connectivity index (χ2n) is 3.57. The first kappa shape index (κ1) is 14.8. The number of nitrogens with two attached hydrogens (primary N) is 1. The average Bonchev–Trinajstić information content (AvgIpc) is 2.39. The Morgan fingerprint density at radius 1 is 1.16 bits per heavy atom. The minimum absolute atomic E-state index is 0.242. The predicted molar refractivity (Wildman–Crippen MR) is 68.9 cm³/mol. The molecule has 0 aromatic heterocycles. The lowest BCUT2D eigenvalue weighted by Crippen LogP contribution is -2.16. The lowest BCUT2D eigenvalue weighted by Gasteiger charge is -2.08. The number of anilines is 1. The van der Waals surface area contributed by atoms with Crippen molar-refractivity contribution < 1.29 is 23.8 Å². The predicted octanol–water partition coefficient (Wildman–Crippen LogP) is 1.39. The van der Waals surface area contributed by atoms with Crippen molar-refractivity contribution in [2.24, 2.45) is 0 Å². The first-order chi connectivity index (χ1) is 9.08. The zero-order valence-electron chi connectivity index (χ0n) is 11.0. The van der Waals surface area contributed by atoms with E-state index in [0.29, 0.717) is 18.0 Å². The fourth-order valence-electron chi connectivity index (χ4n) is 1.37.